The van der Waals surface area contributed by atoms with Gasteiger partial charge in [-0.1, -0.05) is 24.3 Å². The van der Waals surface area contributed by atoms with Crippen LogP contribution in [0.25, 0.3) is 0 Å². The first kappa shape index (κ1) is 13.4. The summed E-state index contributed by atoms with van der Waals surface area (Å²) in [6.07, 6.45) is 0. The number of hydrogen-bond donors (Lipinski definition) is 1. The summed E-state index contributed by atoms with van der Waals surface area (Å²) in [5, 5.41) is 0. The van der Waals surface area contributed by atoms with Crippen LogP contribution < -0.4 is 15.2 Å². The van der Waals surface area contributed by atoms with E-state index in [2.05, 4.69) is 0 Å². The molecular weight excluding hydrogens is 238 g/mol. The van der Waals surface area contributed by atoms with Gasteiger partial charge in [0, 0.05) is 6.04 Å². The highest BCUT2D eigenvalue weighted by Crippen LogP contribution is 2.31. The van der Waals surface area contributed by atoms with Crippen LogP contribution in [0.2, 0.25) is 0 Å². The summed E-state index contributed by atoms with van der Waals surface area (Å²) < 4.78 is 11.4. The molecule has 0 saturated heterocycles. The van der Waals surface area contributed by atoms with Crippen LogP contribution in [-0.4, -0.2) is 6.61 Å². The molecule has 0 amide bonds. The second-order valence-electron chi connectivity index (χ2n) is 4.34. The van der Waals surface area contributed by atoms with Crippen molar-refractivity contribution in [3.8, 4) is 17.2 Å². The van der Waals surface area contributed by atoms with Gasteiger partial charge in [0.05, 0.1) is 6.61 Å². The van der Waals surface area contributed by atoms with Crippen LogP contribution in [0, 0.1) is 0 Å². The van der Waals surface area contributed by atoms with Gasteiger partial charge in [-0.15, -0.1) is 0 Å². The molecule has 2 N–H and O–H groups in total. The van der Waals surface area contributed by atoms with E-state index in [4.69, 9.17) is 15.2 Å². The van der Waals surface area contributed by atoms with Gasteiger partial charge in [0.1, 0.15) is 5.75 Å². The zero-order valence-electron chi connectivity index (χ0n) is 11.3. The molecule has 0 aromatic heterocycles. The third-order valence-electron chi connectivity index (χ3n) is 2.76. The van der Waals surface area contributed by atoms with Crippen molar-refractivity contribution in [2.75, 3.05) is 6.61 Å². The average molecular weight is 257 g/mol. The van der Waals surface area contributed by atoms with Crippen molar-refractivity contribution in [2.24, 2.45) is 5.73 Å². The Hall–Kier alpha value is -2.00. The lowest BCUT2D eigenvalue weighted by atomic mass is 10.1. The van der Waals surface area contributed by atoms with Crippen LogP contribution in [0.1, 0.15) is 25.5 Å². The largest absolute Gasteiger partial charge is 0.490 e. The van der Waals surface area contributed by atoms with Crippen molar-refractivity contribution in [1.29, 1.82) is 0 Å². The molecule has 0 fully saturated rings. The highest BCUT2D eigenvalue weighted by Gasteiger charge is 2.06. The van der Waals surface area contributed by atoms with Crippen molar-refractivity contribution in [1.82, 2.24) is 0 Å². The van der Waals surface area contributed by atoms with Crippen LogP contribution in [-0.2, 0) is 0 Å². The average Bonchev–Trinajstić information content (AvgIpc) is 2.41. The molecule has 0 aliphatic rings. The SMILES string of the molecule is CCOc1ccccc1Oc1cccc(C(C)N)c1. The van der Waals surface area contributed by atoms with Gasteiger partial charge in [0.25, 0.3) is 0 Å². The van der Waals surface area contributed by atoms with Crippen molar-refractivity contribution >= 4 is 0 Å². The van der Waals surface area contributed by atoms with Crippen molar-refractivity contribution < 1.29 is 9.47 Å². The van der Waals surface area contributed by atoms with Gasteiger partial charge in [0.2, 0.25) is 0 Å². The maximum atomic E-state index is 5.87. The molecule has 19 heavy (non-hydrogen) atoms. The minimum absolute atomic E-state index is 0.00862. The second-order valence-corrected chi connectivity index (χ2v) is 4.34. The molecule has 1 unspecified atom stereocenters. The highest BCUT2D eigenvalue weighted by molar-refractivity contribution is 5.43. The van der Waals surface area contributed by atoms with Gasteiger partial charge >= 0.3 is 0 Å². The second kappa shape index (κ2) is 6.25. The number of ether oxygens (including phenoxy) is 2. The molecule has 0 bridgehead atoms. The van der Waals surface area contributed by atoms with E-state index in [-0.39, 0.29) is 6.04 Å². The number of benzene rings is 2. The van der Waals surface area contributed by atoms with Crippen molar-refractivity contribution in [3.63, 3.8) is 0 Å². The van der Waals surface area contributed by atoms with Crippen LogP contribution >= 0.6 is 0 Å². The number of para-hydroxylation sites is 2. The molecule has 2 rings (SSSR count). The highest BCUT2D eigenvalue weighted by atomic mass is 16.5. The summed E-state index contributed by atoms with van der Waals surface area (Å²) in [6.45, 7) is 4.51. The summed E-state index contributed by atoms with van der Waals surface area (Å²) in [4.78, 5) is 0. The Balaban J connectivity index is 2.23. The standard InChI is InChI=1S/C16H19NO2/c1-3-18-15-9-4-5-10-16(15)19-14-8-6-7-13(11-14)12(2)17/h4-12H,3,17H2,1-2H3. The fourth-order valence-corrected chi connectivity index (χ4v) is 1.80. The lowest BCUT2D eigenvalue weighted by Crippen LogP contribution is -2.04. The molecule has 2 aromatic carbocycles. The third-order valence-corrected chi connectivity index (χ3v) is 2.76. The van der Waals surface area contributed by atoms with Gasteiger partial charge in [-0.2, -0.15) is 0 Å². The van der Waals surface area contributed by atoms with Crippen LogP contribution in [0.3, 0.4) is 0 Å². The van der Waals surface area contributed by atoms with Crippen LogP contribution in [0.5, 0.6) is 17.2 Å². The third kappa shape index (κ3) is 3.48. The Morgan fingerprint density at radius 2 is 1.79 bits per heavy atom. The molecule has 100 valence electrons. The van der Waals surface area contributed by atoms with Crippen LogP contribution in [0.4, 0.5) is 0 Å². The normalized spacial score (nSPS) is 11.9. The van der Waals surface area contributed by atoms with E-state index in [0.29, 0.717) is 12.4 Å². The molecule has 0 aliphatic heterocycles. The van der Waals surface area contributed by atoms with E-state index in [1.54, 1.807) is 0 Å². The zero-order chi connectivity index (χ0) is 13.7. The predicted molar refractivity (Wildman–Crippen MR) is 76.7 cm³/mol. The van der Waals surface area contributed by atoms with E-state index in [1.165, 1.54) is 0 Å². The fourth-order valence-electron chi connectivity index (χ4n) is 1.80. The number of nitrogens with two attached hydrogens (primary N) is 1. The molecule has 0 aliphatic carbocycles. The Morgan fingerprint density at radius 3 is 2.47 bits per heavy atom. The van der Waals surface area contributed by atoms with Gasteiger partial charge in [-0.25, -0.2) is 0 Å². The van der Waals surface area contributed by atoms with Gasteiger partial charge in [0.15, 0.2) is 11.5 Å². The summed E-state index contributed by atoms with van der Waals surface area (Å²) in [5.74, 6) is 2.23. The van der Waals surface area contributed by atoms with E-state index >= 15 is 0 Å². The Bertz CT molecular complexity index is 538. The lowest BCUT2D eigenvalue weighted by molar-refractivity contribution is 0.321. The van der Waals surface area contributed by atoms with Crippen molar-refractivity contribution in [3.05, 3.63) is 54.1 Å². The molecule has 0 heterocycles. The van der Waals surface area contributed by atoms with Crippen molar-refractivity contribution in [2.45, 2.75) is 19.9 Å². The summed E-state index contributed by atoms with van der Waals surface area (Å²) >= 11 is 0. The molecule has 0 spiro atoms. The Kier molecular flexibility index (Phi) is 4.42. The van der Waals surface area contributed by atoms with Gasteiger partial charge < -0.3 is 15.2 Å². The quantitative estimate of drug-likeness (QED) is 0.883. The van der Waals surface area contributed by atoms with E-state index in [1.807, 2.05) is 62.4 Å². The first-order valence-electron chi connectivity index (χ1n) is 6.46. The van der Waals surface area contributed by atoms with Crippen LogP contribution in [0.15, 0.2) is 48.5 Å². The predicted octanol–water partition coefficient (Wildman–Crippen LogP) is 3.90. The fraction of sp³-hybridized carbons (Fsp3) is 0.250. The monoisotopic (exact) mass is 257 g/mol. The molecular formula is C16H19NO2. The molecule has 3 nitrogen and oxygen atoms in total. The summed E-state index contributed by atoms with van der Waals surface area (Å²) in [6, 6.07) is 15.4. The van der Waals surface area contributed by atoms with Gasteiger partial charge in [-0.3, -0.25) is 0 Å². The molecule has 1 atom stereocenters. The molecule has 3 heteroatoms. The number of rotatable bonds is 5. The smallest absolute Gasteiger partial charge is 0.169 e. The first-order valence-corrected chi connectivity index (χ1v) is 6.46. The minimum atomic E-state index is -0.00862. The summed E-state index contributed by atoms with van der Waals surface area (Å²) in [7, 11) is 0. The van der Waals surface area contributed by atoms with Gasteiger partial charge in [-0.05, 0) is 43.7 Å². The Morgan fingerprint density at radius 1 is 1.05 bits per heavy atom. The zero-order valence-corrected chi connectivity index (χ0v) is 11.3. The van der Waals surface area contributed by atoms with E-state index < -0.39 is 0 Å². The molecule has 2 aromatic rings. The number of hydrogen-bond acceptors (Lipinski definition) is 3. The maximum Gasteiger partial charge on any atom is 0.169 e. The van der Waals surface area contributed by atoms with E-state index in [0.717, 1.165) is 17.1 Å². The molecule has 0 radical (unpaired) electrons. The minimum Gasteiger partial charge on any atom is -0.490 e. The summed E-state index contributed by atoms with van der Waals surface area (Å²) in [5.41, 5.74) is 6.92. The lowest BCUT2D eigenvalue weighted by Gasteiger charge is -2.12. The van der Waals surface area contributed by atoms with E-state index in [9.17, 15) is 0 Å². The first-order chi connectivity index (χ1) is 9.20. The Labute approximate surface area is 114 Å². The maximum absolute atomic E-state index is 5.87. The molecule has 0 saturated carbocycles. The topological polar surface area (TPSA) is 44.5 Å².